The molecule has 0 aliphatic rings. The molecule has 3 aromatic rings. The molecule has 3 aromatic heterocycles. The smallest absolute Gasteiger partial charge is 0.255 e. The zero-order valence-corrected chi connectivity index (χ0v) is 12.7. The Morgan fingerprint density at radius 1 is 1.38 bits per heavy atom. The topological polar surface area (TPSA) is 81.7 Å². The second-order valence-corrected chi connectivity index (χ2v) is 5.43. The van der Waals surface area contributed by atoms with Gasteiger partial charge in [-0.05, 0) is 6.42 Å². The van der Waals surface area contributed by atoms with E-state index in [-0.39, 0.29) is 0 Å². The van der Waals surface area contributed by atoms with Crippen molar-refractivity contribution < 1.29 is 4.42 Å². The quantitative estimate of drug-likeness (QED) is 0.700. The van der Waals surface area contributed by atoms with E-state index in [1.54, 1.807) is 23.3 Å². The molecule has 1 N–H and O–H groups in total. The van der Waals surface area contributed by atoms with Gasteiger partial charge in [0.1, 0.15) is 17.9 Å². The molecule has 7 nitrogen and oxygen atoms in total. The van der Waals surface area contributed by atoms with Gasteiger partial charge in [-0.3, -0.25) is 4.68 Å². The summed E-state index contributed by atoms with van der Waals surface area (Å²) < 4.78 is 6.97. The number of nitrogens with one attached hydrogen (secondary N) is 1. The highest BCUT2D eigenvalue weighted by Gasteiger charge is 2.12. The lowest BCUT2D eigenvalue weighted by Crippen LogP contribution is -2.06. The summed E-state index contributed by atoms with van der Waals surface area (Å²) in [4.78, 5) is 13.2. The molecule has 0 fully saturated rings. The summed E-state index contributed by atoms with van der Waals surface area (Å²) in [6.07, 6.45) is 6.01. The molecule has 0 amide bonds. The Kier molecular flexibility index (Phi) is 4.05. The molecule has 0 radical (unpaired) electrons. The lowest BCUT2D eigenvalue weighted by Gasteiger charge is -2.07. The molecule has 0 saturated carbocycles. The van der Waals surface area contributed by atoms with Crippen molar-refractivity contribution in [2.24, 2.45) is 7.05 Å². The Morgan fingerprint density at radius 3 is 3.05 bits per heavy atom. The van der Waals surface area contributed by atoms with Crippen LogP contribution in [0.15, 0.2) is 28.3 Å². The van der Waals surface area contributed by atoms with Crippen molar-refractivity contribution in [1.29, 1.82) is 0 Å². The molecule has 0 atom stereocenters. The van der Waals surface area contributed by atoms with Gasteiger partial charge in [0.2, 0.25) is 0 Å². The Balaban J connectivity index is 1.88. The van der Waals surface area contributed by atoms with Crippen molar-refractivity contribution in [3.05, 3.63) is 24.5 Å². The van der Waals surface area contributed by atoms with E-state index in [0.29, 0.717) is 11.0 Å². The van der Waals surface area contributed by atoms with Crippen molar-refractivity contribution >= 4 is 28.6 Å². The number of thioether (sulfide) groups is 1. The summed E-state index contributed by atoms with van der Waals surface area (Å²) in [5.74, 6) is 2.16. The highest BCUT2D eigenvalue weighted by atomic mass is 32.2. The molecule has 0 aliphatic carbocycles. The van der Waals surface area contributed by atoms with Crippen LogP contribution >= 0.6 is 11.8 Å². The van der Waals surface area contributed by atoms with Gasteiger partial charge in [-0.25, -0.2) is 15.0 Å². The monoisotopic (exact) mass is 304 g/mol. The maximum atomic E-state index is 5.21. The number of hydrogen-bond donors (Lipinski definition) is 1. The molecule has 0 aliphatic heterocycles. The number of nitrogens with zero attached hydrogens (tertiary/aromatic N) is 5. The first-order valence-corrected chi connectivity index (χ1v) is 7.71. The molecule has 0 saturated heterocycles. The minimum atomic E-state index is 0.600. The summed E-state index contributed by atoms with van der Waals surface area (Å²) in [7, 11) is 1.88. The summed E-state index contributed by atoms with van der Waals surface area (Å²) in [5, 5.41) is 9.14. The number of fused-ring (bicyclic) bond motifs is 1. The molecule has 0 spiro atoms. The molecule has 3 rings (SSSR count). The van der Waals surface area contributed by atoms with Crippen LogP contribution in [-0.4, -0.2) is 31.3 Å². The van der Waals surface area contributed by atoms with Crippen molar-refractivity contribution in [3.63, 3.8) is 0 Å². The number of oxazole rings is 1. The van der Waals surface area contributed by atoms with Crippen molar-refractivity contribution in [1.82, 2.24) is 24.7 Å². The van der Waals surface area contributed by atoms with Crippen LogP contribution in [0, 0.1) is 0 Å². The summed E-state index contributed by atoms with van der Waals surface area (Å²) in [6.45, 7) is 2.99. The zero-order valence-electron chi connectivity index (χ0n) is 11.9. The van der Waals surface area contributed by atoms with Crippen LogP contribution in [-0.2, 0) is 12.8 Å². The minimum absolute atomic E-state index is 0.600. The van der Waals surface area contributed by atoms with E-state index in [1.807, 2.05) is 7.05 Å². The summed E-state index contributed by atoms with van der Waals surface area (Å²) in [5.41, 5.74) is 0.826. The number of rotatable bonds is 6. The lowest BCUT2D eigenvalue weighted by molar-refractivity contribution is 0.454. The van der Waals surface area contributed by atoms with Crippen LogP contribution in [0.4, 0.5) is 5.82 Å². The fraction of sp³-hybridized carbons (Fsp3) is 0.385. The van der Waals surface area contributed by atoms with E-state index in [1.165, 1.54) is 11.8 Å². The second kappa shape index (κ2) is 6.13. The Bertz CT molecular complexity index is 724. The SMILES string of the molecule is CCCNc1nc(CSc2ncco2)nc2c1cnn2C. The van der Waals surface area contributed by atoms with E-state index in [2.05, 4.69) is 32.3 Å². The van der Waals surface area contributed by atoms with Crippen LogP contribution in [0.5, 0.6) is 0 Å². The first-order valence-electron chi connectivity index (χ1n) is 6.72. The van der Waals surface area contributed by atoms with Gasteiger partial charge in [0, 0.05) is 13.6 Å². The first kappa shape index (κ1) is 13.9. The van der Waals surface area contributed by atoms with Crippen LogP contribution in [0.1, 0.15) is 19.2 Å². The molecule has 0 aromatic carbocycles. The predicted molar refractivity (Wildman–Crippen MR) is 81.1 cm³/mol. The van der Waals surface area contributed by atoms with Crippen molar-refractivity contribution in [3.8, 4) is 0 Å². The van der Waals surface area contributed by atoms with Crippen LogP contribution in [0.25, 0.3) is 11.0 Å². The maximum Gasteiger partial charge on any atom is 0.255 e. The van der Waals surface area contributed by atoms with Gasteiger partial charge < -0.3 is 9.73 Å². The Hall–Kier alpha value is -2.09. The van der Waals surface area contributed by atoms with E-state index in [4.69, 9.17) is 4.42 Å². The van der Waals surface area contributed by atoms with Crippen molar-refractivity contribution in [2.45, 2.75) is 24.3 Å². The Labute approximate surface area is 126 Å². The molecule has 8 heteroatoms. The number of anilines is 1. The van der Waals surface area contributed by atoms with E-state index in [0.717, 1.165) is 35.6 Å². The summed E-state index contributed by atoms with van der Waals surface area (Å²) >= 11 is 1.47. The lowest BCUT2D eigenvalue weighted by atomic mass is 10.3. The van der Waals surface area contributed by atoms with Crippen LogP contribution in [0.3, 0.4) is 0 Å². The molecule has 21 heavy (non-hydrogen) atoms. The fourth-order valence-electron chi connectivity index (χ4n) is 1.92. The number of aromatic nitrogens is 5. The summed E-state index contributed by atoms with van der Waals surface area (Å²) in [6, 6.07) is 0. The van der Waals surface area contributed by atoms with Gasteiger partial charge in [-0.2, -0.15) is 5.10 Å². The highest BCUT2D eigenvalue weighted by molar-refractivity contribution is 7.98. The second-order valence-electron chi connectivity index (χ2n) is 4.51. The molecule has 3 heterocycles. The van der Waals surface area contributed by atoms with Crippen molar-refractivity contribution in [2.75, 3.05) is 11.9 Å². The number of aryl methyl sites for hydroxylation is 1. The largest absolute Gasteiger partial charge is 0.440 e. The van der Waals surface area contributed by atoms with Gasteiger partial charge in [0.15, 0.2) is 5.65 Å². The van der Waals surface area contributed by atoms with Gasteiger partial charge in [0.05, 0.1) is 23.5 Å². The van der Waals surface area contributed by atoms with Gasteiger partial charge in [0.25, 0.3) is 5.22 Å². The Morgan fingerprint density at radius 2 is 2.29 bits per heavy atom. The zero-order chi connectivity index (χ0) is 14.7. The average molecular weight is 304 g/mol. The average Bonchev–Trinajstić information content (AvgIpc) is 3.13. The molecular formula is C13H16N6OS. The van der Waals surface area contributed by atoms with Crippen LogP contribution < -0.4 is 5.32 Å². The fourth-order valence-corrected chi connectivity index (χ4v) is 2.56. The molecule has 110 valence electrons. The van der Waals surface area contributed by atoms with Gasteiger partial charge in [-0.1, -0.05) is 18.7 Å². The minimum Gasteiger partial charge on any atom is -0.440 e. The standard InChI is InChI=1S/C13H16N6OS/c1-3-4-14-11-9-7-16-19(2)12(9)18-10(17-11)8-21-13-15-5-6-20-13/h5-7H,3-4,8H2,1-2H3,(H,14,17,18). The first-order chi connectivity index (χ1) is 10.3. The molecule has 0 bridgehead atoms. The van der Waals surface area contributed by atoms with E-state index in [9.17, 15) is 0 Å². The normalized spacial score (nSPS) is 11.1. The number of hydrogen-bond acceptors (Lipinski definition) is 7. The third-order valence-corrected chi connectivity index (χ3v) is 3.77. The third-order valence-electron chi connectivity index (χ3n) is 2.92. The van der Waals surface area contributed by atoms with Crippen LogP contribution in [0.2, 0.25) is 0 Å². The molecular weight excluding hydrogens is 288 g/mol. The van der Waals surface area contributed by atoms with Gasteiger partial charge >= 0.3 is 0 Å². The predicted octanol–water partition coefficient (Wildman–Crippen LogP) is 2.47. The maximum absolute atomic E-state index is 5.21. The molecule has 0 unspecified atom stereocenters. The highest BCUT2D eigenvalue weighted by Crippen LogP contribution is 2.23. The van der Waals surface area contributed by atoms with E-state index >= 15 is 0 Å². The van der Waals surface area contributed by atoms with Gasteiger partial charge in [-0.15, -0.1) is 0 Å². The third kappa shape index (κ3) is 2.99. The van der Waals surface area contributed by atoms with E-state index < -0.39 is 0 Å².